The van der Waals surface area contributed by atoms with Crippen molar-refractivity contribution < 1.29 is 10.2 Å². The van der Waals surface area contributed by atoms with Gasteiger partial charge in [-0.05, 0) is 26.2 Å². The minimum Gasteiger partial charge on any atom is -0.393 e. The van der Waals surface area contributed by atoms with Gasteiger partial charge in [-0.1, -0.05) is 0 Å². The van der Waals surface area contributed by atoms with Gasteiger partial charge in [0.15, 0.2) is 0 Å². The van der Waals surface area contributed by atoms with Gasteiger partial charge in [-0.25, -0.2) is 0 Å². The van der Waals surface area contributed by atoms with E-state index in [1.54, 1.807) is 6.92 Å². The van der Waals surface area contributed by atoms with Crippen LogP contribution in [0.2, 0.25) is 0 Å². The van der Waals surface area contributed by atoms with Gasteiger partial charge >= 0.3 is 0 Å². The lowest BCUT2D eigenvalue weighted by Gasteiger charge is -2.37. The van der Waals surface area contributed by atoms with Crippen LogP contribution in [0.3, 0.4) is 0 Å². The van der Waals surface area contributed by atoms with Crippen molar-refractivity contribution in [2.45, 2.75) is 44.3 Å². The van der Waals surface area contributed by atoms with E-state index in [4.69, 9.17) is 5.11 Å². The zero-order valence-electron chi connectivity index (χ0n) is 5.80. The predicted octanol–water partition coefficient (Wildman–Crippen LogP) is 0.672. The van der Waals surface area contributed by atoms with Crippen molar-refractivity contribution in [2.24, 2.45) is 0 Å². The third-order valence-electron chi connectivity index (χ3n) is 1.96. The molecule has 9 heavy (non-hydrogen) atoms. The number of hydrogen-bond acceptors (Lipinski definition) is 2. The summed E-state index contributed by atoms with van der Waals surface area (Å²) in [5, 5.41) is 18.3. The molecule has 0 heterocycles. The molecule has 1 fully saturated rings. The van der Waals surface area contributed by atoms with Gasteiger partial charge in [0.1, 0.15) is 0 Å². The third-order valence-corrected chi connectivity index (χ3v) is 1.96. The number of rotatable bonds is 2. The van der Waals surface area contributed by atoms with Crippen LogP contribution in [0.4, 0.5) is 0 Å². The molecule has 0 aromatic carbocycles. The summed E-state index contributed by atoms with van der Waals surface area (Å²) in [4.78, 5) is 0. The fraction of sp³-hybridized carbons (Fsp3) is 1.00. The average Bonchev–Trinajstić information content (AvgIpc) is 1.60. The Labute approximate surface area is 55.5 Å². The molecule has 0 bridgehead atoms. The second-order valence-corrected chi connectivity index (χ2v) is 3.13. The zero-order chi connectivity index (χ0) is 6.91. The fourth-order valence-corrected chi connectivity index (χ4v) is 1.34. The summed E-state index contributed by atoms with van der Waals surface area (Å²) in [5.41, 5.74) is -0.506. The van der Waals surface area contributed by atoms with Crippen molar-refractivity contribution in [2.75, 3.05) is 0 Å². The molecule has 0 saturated heterocycles. The molecular formula is C7H14O2. The summed E-state index contributed by atoms with van der Waals surface area (Å²) < 4.78 is 0. The predicted molar refractivity (Wildman–Crippen MR) is 35.1 cm³/mol. The van der Waals surface area contributed by atoms with Crippen LogP contribution in [-0.2, 0) is 0 Å². The monoisotopic (exact) mass is 130 g/mol. The van der Waals surface area contributed by atoms with Gasteiger partial charge < -0.3 is 10.2 Å². The first-order valence-electron chi connectivity index (χ1n) is 3.53. The van der Waals surface area contributed by atoms with E-state index in [1.165, 1.54) is 0 Å². The Morgan fingerprint density at radius 3 is 2.22 bits per heavy atom. The molecule has 1 rings (SSSR count). The van der Waals surface area contributed by atoms with Crippen LogP contribution in [0.15, 0.2) is 0 Å². The molecule has 0 amide bonds. The van der Waals surface area contributed by atoms with E-state index in [0.29, 0.717) is 6.42 Å². The minimum absolute atomic E-state index is 0.352. The van der Waals surface area contributed by atoms with Gasteiger partial charge in [-0.2, -0.15) is 0 Å². The molecule has 1 aliphatic rings. The lowest BCUT2D eigenvalue weighted by Crippen LogP contribution is -2.39. The van der Waals surface area contributed by atoms with Crippen LogP contribution in [0.1, 0.15) is 32.6 Å². The largest absolute Gasteiger partial charge is 0.393 e. The SMILES string of the molecule is CC(O)CC1(O)CCC1. The minimum atomic E-state index is -0.506. The summed E-state index contributed by atoms with van der Waals surface area (Å²) >= 11 is 0. The Morgan fingerprint density at radius 2 is 2.11 bits per heavy atom. The highest BCUT2D eigenvalue weighted by Gasteiger charge is 2.34. The molecule has 1 unspecified atom stereocenters. The Morgan fingerprint density at radius 1 is 1.56 bits per heavy atom. The molecular weight excluding hydrogens is 116 g/mol. The van der Waals surface area contributed by atoms with Crippen LogP contribution in [0.25, 0.3) is 0 Å². The summed E-state index contributed by atoms with van der Waals surface area (Å²) in [6, 6.07) is 0. The fourth-order valence-electron chi connectivity index (χ4n) is 1.34. The summed E-state index contributed by atoms with van der Waals surface area (Å²) in [6.45, 7) is 1.72. The Kier molecular flexibility index (Phi) is 1.78. The maximum Gasteiger partial charge on any atom is 0.0672 e. The van der Waals surface area contributed by atoms with Gasteiger partial charge in [0.05, 0.1) is 11.7 Å². The van der Waals surface area contributed by atoms with Crippen LogP contribution >= 0.6 is 0 Å². The van der Waals surface area contributed by atoms with Gasteiger partial charge in [0.25, 0.3) is 0 Å². The first kappa shape index (κ1) is 7.03. The van der Waals surface area contributed by atoms with Crippen LogP contribution in [-0.4, -0.2) is 21.9 Å². The first-order valence-corrected chi connectivity index (χ1v) is 3.53. The Bertz CT molecular complexity index is 95.1. The van der Waals surface area contributed by atoms with E-state index in [9.17, 15) is 5.11 Å². The van der Waals surface area contributed by atoms with Crippen LogP contribution in [0.5, 0.6) is 0 Å². The van der Waals surface area contributed by atoms with Gasteiger partial charge in [-0.3, -0.25) is 0 Å². The third kappa shape index (κ3) is 1.66. The lowest BCUT2D eigenvalue weighted by atomic mass is 9.77. The molecule has 2 nitrogen and oxygen atoms in total. The molecule has 0 radical (unpaired) electrons. The van der Waals surface area contributed by atoms with Gasteiger partial charge in [0, 0.05) is 6.42 Å². The second kappa shape index (κ2) is 2.27. The van der Waals surface area contributed by atoms with Crippen molar-refractivity contribution in [1.82, 2.24) is 0 Å². The maximum atomic E-state index is 9.42. The Balaban J connectivity index is 2.24. The average molecular weight is 130 g/mol. The summed E-state index contributed by atoms with van der Waals surface area (Å²) in [5.74, 6) is 0. The van der Waals surface area contributed by atoms with Crippen molar-refractivity contribution >= 4 is 0 Å². The number of aliphatic hydroxyl groups excluding tert-OH is 1. The standard InChI is InChI=1S/C7H14O2/c1-6(8)5-7(9)3-2-4-7/h6,8-9H,2-5H2,1H3. The van der Waals surface area contributed by atoms with E-state index in [-0.39, 0.29) is 6.10 Å². The molecule has 0 spiro atoms. The first-order chi connectivity index (χ1) is 4.12. The smallest absolute Gasteiger partial charge is 0.0672 e. The van der Waals surface area contributed by atoms with Crippen LogP contribution in [0, 0.1) is 0 Å². The number of aliphatic hydroxyl groups is 2. The molecule has 2 N–H and O–H groups in total. The summed E-state index contributed by atoms with van der Waals surface area (Å²) in [7, 11) is 0. The highest BCUT2D eigenvalue weighted by atomic mass is 16.3. The molecule has 54 valence electrons. The van der Waals surface area contributed by atoms with Crippen molar-refractivity contribution in [1.29, 1.82) is 0 Å². The van der Waals surface area contributed by atoms with Crippen molar-refractivity contribution in [3.8, 4) is 0 Å². The normalized spacial score (nSPS) is 27.0. The van der Waals surface area contributed by atoms with Crippen molar-refractivity contribution in [3.63, 3.8) is 0 Å². The van der Waals surface area contributed by atoms with Gasteiger partial charge in [-0.15, -0.1) is 0 Å². The van der Waals surface area contributed by atoms with E-state index in [0.717, 1.165) is 19.3 Å². The molecule has 0 aromatic heterocycles. The topological polar surface area (TPSA) is 40.5 Å². The molecule has 1 atom stereocenters. The van der Waals surface area contributed by atoms with E-state index >= 15 is 0 Å². The molecule has 0 aliphatic heterocycles. The lowest BCUT2D eigenvalue weighted by molar-refractivity contribution is -0.0650. The molecule has 2 heteroatoms. The molecule has 1 saturated carbocycles. The quantitative estimate of drug-likeness (QED) is 0.577. The van der Waals surface area contributed by atoms with E-state index < -0.39 is 5.60 Å². The zero-order valence-corrected chi connectivity index (χ0v) is 5.80. The van der Waals surface area contributed by atoms with Gasteiger partial charge in [0.2, 0.25) is 0 Å². The highest BCUT2D eigenvalue weighted by molar-refractivity contribution is 4.88. The molecule has 1 aliphatic carbocycles. The molecule has 0 aromatic rings. The van der Waals surface area contributed by atoms with E-state index in [2.05, 4.69) is 0 Å². The van der Waals surface area contributed by atoms with Crippen LogP contribution < -0.4 is 0 Å². The second-order valence-electron chi connectivity index (χ2n) is 3.13. The van der Waals surface area contributed by atoms with E-state index in [1.807, 2.05) is 0 Å². The maximum absolute atomic E-state index is 9.42. The summed E-state index contributed by atoms with van der Waals surface area (Å²) in [6.07, 6.45) is 3.06. The van der Waals surface area contributed by atoms with Crippen molar-refractivity contribution in [3.05, 3.63) is 0 Å². The highest BCUT2D eigenvalue weighted by Crippen LogP contribution is 2.35. The Hall–Kier alpha value is -0.0800. The number of hydrogen-bond donors (Lipinski definition) is 2.